The Morgan fingerprint density at radius 3 is 2.83 bits per heavy atom. The molecule has 0 saturated heterocycles. The fraction of sp³-hybridized carbons (Fsp3) is 0.417. The van der Waals surface area contributed by atoms with Gasteiger partial charge in [-0.1, -0.05) is 11.8 Å². The molecule has 0 spiro atoms. The number of rotatable bonds is 4. The number of aryl methyl sites for hydroxylation is 3. The van der Waals surface area contributed by atoms with E-state index in [1.807, 2.05) is 24.6 Å². The average Bonchev–Trinajstić information content (AvgIpc) is 2.63. The highest BCUT2D eigenvalue weighted by Crippen LogP contribution is 2.27. The smallest absolute Gasteiger partial charge is 0.188 e. The lowest BCUT2D eigenvalue weighted by molar-refractivity contribution is 0.631. The molecule has 0 aliphatic heterocycles. The summed E-state index contributed by atoms with van der Waals surface area (Å²) in [6.07, 6.45) is 1.79. The summed E-state index contributed by atoms with van der Waals surface area (Å²) in [4.78, 5) is 8.64. The molecule has 0 unspecified atom stereocenters. The van der Waals surface area contributed by atoms with E-state index in [2.05, 4.69) is 37.9 Å². The van der Waals surface area contributed by atoms with E-state index in [0.717, 1.165) is 33.3 Å². The van der Waals surface area contributed by atoms with Gasteiger partial charge in [0.05, 0.1) is 15.9 Å². The summed E-state index contributed by atoms with van der Waals surface area (Å²) in [7, 11) is 0. The molecule has 2 aromatic heterocycles. The van der Waals surface area contributed by atoms with Crippen LogP contribution in [0.15, 0.2) is 21.9 Å². The first-order chi connectivity index (χ1) is 8.61. The maximum Gasteiger partial charge on any atom is 0.188 e. The van der Waals surface area contributed by atoms with Gasteiger partial charge >= 0.3 is 0 Å². The molecular formula is C12H15BrN4S. The summed E-state index contributed by atoms with van der Waals surface area (Å²) in [5.74, 6) is 0.818. The number of aromatic nitrogens is 4. The summed E-state index contributed by atoms with van der Waals surface area (Å²) < 4.78 is 3.10. The predicted octanol–water partition coefficient (Wildman–Crippen LogP) is 3.36. The molecule has 0 aromatic carbocycles. The number of thioether (sulfide) groups is 1. The lowest BCUT2D eigenvalue weighted by Crippen LogP contribution is -2.02. The molecule has 18 heavy (non-hydrogen) atoms. The minimum Gasteiger partial charge on any atom is -0.268 e. The van der Waals surface area contributed by atoms with Gasteiger partial charge in [-0.2, -0.15) is 5.10 Å². The summed E-state index contributed by atoms with van der Waals surface area (Å²) in [5, 5.41) is 5.28. The lowest BCUT2D eigenvalue weighted by atomic mass is 10.4. The Hall–Kier alpha value is -0.880. The maximum atomic E-state index is 4.47. The Balaban J connectivity index is 2.15. The van der Waals surface area contributed by atoms with Crippen LogP contribution in [0.25, 0.3) is 0 Å². The van der Waals surface area contributed by atoms with Gasteiger partial charge in [0.15, 0.2) is 5.16 Å². The van der Waals surface area contributed by atoms with Crippen LogP contribution >= 0.6 is 27.7 Å². The molecule has 0 N–H and O–H groups in total. The highest BCUT2D eigenvalue weighted by atomic mass is 79.9. The van der Waals surface area contributed by atoms with Crippen molar-refractivity contribution in [1.82, 2.24) is 19.7 Å². The van der Waals surface area contributed by atoms with Gasteiger partial charge in [-0.3, -0.25) is 4.68 Å². The van der Waals surface area contributed by atoms with E-state index in [-0.39, 0.29) is 0 Å². The second kappa shape index (κ2) is 5.84. The van der Waals surface area contributed by atoms with Gasteiger partial charge in [0.25, 0.3) is 0 Å². The van der Waals surface area contributed by atoms with Crippen molar-refractivity contribution in [2.24, 2.45) is 0 Å². The van der Waals surface area contributed by atoms with Gasteiger partial charge in [-0.25, -0.2) is 9.97 Å². The Morgan fingerprint density at radius 1 is 1.39 bits per heavy atom. The van der Waals surface area contributed by atoms with Crippen molar-refractivity contribution in [1.29, 1.82) is 0 Å². The fourth-order valence-corrected chi connectivity index (χ4v) is 3.15. The molecule has 2 heterocycles. The van der Waals surface area contributed by atoms with Crippen LogP contribution in [0.4, 0.5) is 0 Å². The molecule has 0 aliphatic carbocycles. The second-order valence-electron chi connectivity index (χ2n) is 3.93. The van der Waals surface area contributed by atoms with E-state index in [9.17, 15) is 0 Å². The maximum absolute atomic E-state index is 4.47. The van der Waals surface area contributed by atoms with Crippen molar-refractivity contribution < 1.29 is 0 Å². The molecule has 0 amide bonds. The molecule has 0 aliphatic rings. The van der Waals surface area contributed by atoms with Crippen LogP contribution in [0.2, 0.25) is 0 Å². The third kappa shape index (κ3) is 2.92. The van der Waals surface area contributed by atoms with Crippen molar-refractivity contribution in [3.8, 4) is 0 Å². The van der Waals surface area contributed by atoms with Gasteiger partial charge in [-0.15, -0.1) is 0 Å². The van der Waals surface area contributed by atoms with Crippen LogP contribution in [0.5, 0.6) is 0 Å². The van der Waals surface area contributed by atoms with E-state index in [0.29, 0.717) is 0 Å². The van der Waals surface area contributed by atoms with Crippen LogP contribution in [0, 0.1) is 13.8 Å². The molecule has 0 atom stereocenters. The number of hydrogen-bond donors (Lipinski definition) is 0. The molecule has 2 aromatic rings. The summed E-state index contributed by atoms with van der Waals surface area (Å²) in [6, 6.07) is 1.90. The number of halogens is 1. The zero-order valence-corrected chi connectivity index (χ0v) is 13.0. The predicted molar refractivity (Wildman–Crippen MR) is 76.7 cm³/mol. The fourth-order valence-electron chi connectivity index (χ4n) is 1.64. The SMILES string of the molecule is CCn1nc(C)c(Br)c1CSc1nccc(C)n1. The summed E-state index contributed by atoms with van der Waals surface area (Å²) in [5.41, 5.74) is 3.20. The average molecular weight is 327 g/mol. The lowest BCUT2D eigenvalue weighted by Gasteiger charge is -2.04. The quantitative estimate of drug-likeness (QED) is 0.638. The van der Waals surface area contributed by atoms with E-state index < -0.39 is 0 Å². The van der Waals surface area contributed by atoms with Gasteiger partial charge in [-0.05, 0) is 42.8 Å². The molecule has 96 valence electrons. The Bertz CT molecular complexity index is 553. The molecule has 0 radical (unpaired) electrons. The molecule has 6 heteroatoms. The zero-order chi connectivity index (χ0) is 13.1. The van der Waals surface area contributed by atoms with Crippen molar-refractivity contribution >= 4 is 27.7 Å². The molecule has 0 fully saturated rings. The standard InChI is InChI=1S/C12H15BrN4S/c1-4-17-10(11(13)9(3)16-17)7-18-12-14-6-5-8(2)15-12/h5-6H,4,7H2,1-3H3. The topological polar surface area (TPSA) is 43.6 Å². The Kier molecular flexibility index (Phi) is 4.40. The molecule has 0 saturated carbocycles. The monoisotopic (exact) mass is 326 g/mol. The first-order valence-corrected chi connectivity index (χ1v) is 7.54. The van der Waals surface area contributed by atoms with Gasteiger partial charge in [0.1, 0.15) is 0 Å². The Morgan fingerprint density at radius 2 is 2.17 bits per heavy atom. The second-order valence-corrected chi connectivity index (χ2v) is 5.67. The van der Waals surface area contributed by atoms with E-state index in [1.54, 1.807) is 18.0 Å². The van der Waals surface area contributed by atoms with Crippen molar-refractivity contribution in [2.75, 3.05) is 0 Å². The molecule has 2 rings (SSSR count). The van der Waals surface area contributed by atoms with Crippen molar-refractivity contribution in [2.45, 2.75) is 38.2 Å². The first kappa shape index (κ1) is 13.5. The van der Waals surface area contributed by atoms with Gasteiger partial charge in [0, 0.05) is 24.2 Å². The number of hydrogen-bond acceptors (Lipinski definition) is 4. The zero-order valence-electron chi connectivity index (χ0n) is 10.6. The van der Waals surface area contributed by atoms with E-state index >= 15 is 0 Å². The van der Waals surface area contributed by atoms with Crippen LogP contribution < -0.4 is 0 Å². The molecule has 0 bridgehead atoms. The van der Waals surface area contributed by atoms with Crippen LogP contribution in [-0.2, 0) is 12.3 Å². The normalized spacial score (nSPS) is 10.9. The van der Waals surface area contributed by atoms with Gasteiger partial charge < -0.3 is 0 Å². The van der Waals surface area contributed by atoms with Crippen LogP contribution in [0.1, 0.15) is 24.0 Å². The van der Waals surface area contributed by atoms with Crippen LogP contribution in [0.3, 0.4) is 0 Å². The third-order valence-corrected chi connectivity index (χ3v) is 4.47. The number of nitrogens with zero attached hydrogens (tertiary/aromatic N) is 4. The molecular weight excluding hydrogens is 312 g/mol. The van der Waals surface area contributed by atoms with E-state index in [4.69, 9.17) is 0 Å². The van der Waals surface area contributed by atoms with Gasteiger partial charge in [0.2, 0.25) is 0 Å². The summed E-state index contributed by atoms with van der Waals surface area (Å²) >= 11 is 5.22. The first-order valence-electron chi connectivity index (χ1n) is 5.76. The third-order valence-electron chi connectivity index (χ3n) is 2.56. The summed E-state index contributed by atoms with van der Waals surface area (Å²) in [6.45, 7) is 6.95. The van der Waals surface area contributed by atoms with Crippen molar-refractivity contribution in [3.05, 3.63) is 33.8 Å². The minimum atomic E-state index is 0.809. The largest absolute Gasteiger partial charge is 0.268 e. The highest BCUT2D eigenvalue weighted by Gasteiger charge is 2.12. The minimum absolute atomic E-state index is 0.809. The Labute approximate surface area is 119 Å². The molecule has 4 nitrogen and oxygen atoms in total. The highest BCUT2D eigenvalue weighted by molar-refractivity contribution is 9.10. The van der Waals surface area contributed by atoms with Crippen LogP contribution in [-0.4, -0.2) is 19.7 Å². The van der Waals surface area contributed by atoms with E-state index in [1.165, 1.54) is 5.69 Å². The van der Waals surface area contributed by atoms with Crippen molar-refractivity contribution in [3.63, 3.8) is 0 Å².